The number of amides is 1. The number of anilines is 1. The average Bonchev–Trinajstić information content (AvgIpc) is 2.75. The molecule has 0 spiro atoms. The molecule has 0 bridgehead atoms. The van der Waals surface area contributed by atoms with Crippen LogP contribution in [0.4, 0.5) is 10.2 Å². The van der Waals surface area contributed by atoms with Gasteiger partial charge in [0.05, 0.1) is 24.3 Å². The minimum atomic E-state index is -0.407. The van der Waals surface area contributed by atoms with Gasteiger partial charge in [-0.05, 0) is 23.0 Å². The minimum Gasteiger partial charge on any atom is -0.310 e. The summed E-state index contributed by atoms with van der Waals surface area (Å²) < 4.78 is 14.3. The Balaban J connectivity index is 1.71. The summed E-state index contributed by atoms with van der Waals surface area (Å²) in [4.78, 5) is 16.5. The van der Waals surface area contributed by atoms with Gasteiger partial charge in [-0.15, -0.1) is 0 Å². The molecule has 2 aromatic rings. The van der Waals surface area contributed by atoms with Crippen LogP contribution in [0.3, 0.4) is 0 Å². The van der Waals surface area contributed by atoms with Gasteiger partial charge in [0.1, 0.15) is 5.82 Å². The van der Waals surface area contributed by atoms with Crippen molar-refractivity contribution in [3.63, 3.8) is 0 Å². The van der Waals surface area contributed by atoms with Gasteiger partial charge in [0, 0.05) is 5.92 Å². The highest BCUT2D eigenvalue weighted by Crippen LogP contribution is 2.68. The Morgan fingerprint density at radius 1 is 1.23 bits per heavy atom. The largest absolute Gasteiger partial charge is 0.310 e. The molecule has 1 fully saturated rings. The summed E-state index contributed by atoms with van der Waals surface area (Å²) >= 11 is 0. The molecule has 6 heteroatoms. The zero-order chi connectivity index (χ0) is 16.1. The molecule has 3 rings (SSSR count). The van der Waals surface area contributed by atoms with Crippen LogP contribution in [0.15, 0.2) is 30.7 Å². The van der Waals surface area contributed by atoms with Crippen LogP contribution in [0.25, 0.3) is 5.69 Å². The molecule has 0 atom stereocenters. The quantitative estimate of drug-likeness (QED) is 0.948. The predicted octanol–water partition coefficient (Wildman–Crippen LogP) is 3.03. The Kier molecular flexibility index (Phi) is 3.09. The molecule has 1 amide bonds. The topological polar surface area (TPSA) is 59.8 Å². The van der Waals surface area contributed by atoms with Crippen LogP contribution >= 0.6 is 0 Å². The lowest BCUT2D eigenvalue weighted by molar-refractivity contribution is -0.118. The van der Waals surface area contributed by atoms with Gasteiger partial charge in [-0.3, -0.25) is 4.79 Å². The van der Waals surface area contributed by atoms with E-state index in [9.17, 15) is 9.18 Å². The highest BCUT2D eigenvalue weighted by atomic mass is 19.1. The van der Waals surface area contributed by atoms with E-state index < -0.39 is 5.82 Å². The minimum absolute atomic E-state index is 0.0103. The third-order valence-corrected chi connectivity index (χ3v) is 5.10. The van der Waals surface area contributed by atoms with Crippen molar-refractivity contribution in [2.75, 3.05) is 5.32 Å². The monoisotopic (exact) mass is 302 g/mol. The molecule has 116 valence electrons. The van der Waals surface area contributed by atoms with Crippen molar-refractivity contribution >= 4 is 11.7 Å². The number of pyridine rings is 1. The molecule has 0 aromatic carbocycles. The van der Waals surface area contributed by atoms with E-state index in [4.69, 9.17) is 0 Å². The van der Waals surface area contributed by atoms with Gasteiger partial charge >= 0.3 is 0 Å². The Morgan fingerprint density at radius 3 is 2.36 bits per heavy atom. The first-order valence-electron chi connectivity index (χ1n) is 7.21. The normalized spacial score (nSPS) is 19.0. The number of rotatable bonds is 3. The fourth-order valence-electron chi connectivity index (χ4n) is 3.09. The molecule has 0 radical (unpaired) electrons. The Morgan fingerprint density at radius 2 is 1.91 bits per heavy atom. The smallest absolute Gasteiger partial charge is 0.229 e. The van der Waals surface area contributed by atoms with Crippen LogP contribution < -0.4 is 5.32 Å². The lowest BCUT2D eigenvalue weighted by atomic mass is 10.0. The summed E-state index contributed by atoms with van der Waals surface area (Å²) in [6.07, 6.45) is 3.95. The summed E-state index contributed by atoms with van der Waals surface area (Å²) in [6.45, 7) is 8.39. The molecule has 22 heavy (non-hydrogen) atoms. The van der Waals surface area contributed by atoms with E-state index in [0.717, 1.165) is 6.20 Å². The van der Waals surface area contributed by atoms with E-state index in [1.54, 1.807) is 18.3 Å². The third-order valence-electron chi connectivity index (χ3n) is 5.10. The zero-order valence-corrected chi connectivity index (χ0v) is 13.1. The molecule has 1 aliphatic rings. The number of aromatic nitrogens is 3. The number of nitrogens with zero attached hydrogens (tertiary/aromatic N) is 3. The lowest BCUT2D eigenvalue weighted by Crippen LogP contribution is -2.18. The summed E-state index contributed by atoms with van der Waals surface area (Å²) in [6, 6.07) is 3.42. The molecule has 2 aromatic heterocycles. The van der Waals surface area contributed by atoms with E-state index in [0.29, 0.717) is 11.5 Å². The van der Waals surface area contributed by atoms with E-state index in [2.05, 4.69) is 43.1 Å². The van der Waals surface area contributed by atoms with E-state index >= 15 is 0 Å². The number of carbonyl (C=O) groups excluding carboxylic acids is 1. The van der Waals surface area contributed by atoms with Crippen LogP contribution in [0.1, 0.15) is 27.7 Å². The highest BCUT2D eigenvalue weighted by molar-refractivity contribution is 5.95. The molecule has 0 saturated heterocycles. The molecule has 0 aliphatic heterocycles. The standard InChI is InChI=1S/C16H19FN4O/c1-15(2)13(16(15,3)4)14(22)20-12-6-5-11(8-18-12)21-9-10(17)7-19-21/h5-9,13H,1-4H3,(H,18,20,22). The SMILES string of the molecule is CC1(C)C(C(=O)Nc2ccc(-n3cc(F)cn3)cn2)C1(C)C. The Hall–Kier alpha value is -2.24. The van der Waals surface area contributed by atoms with Crippen LogP contribution in [-0.4, -0.2) is 20.7 Å². The Labute approximate surface area is 128 Å². The second-order valence-electron chi connectivity index (χ2n) is 6.87. The van der Waals surface area contributed by atoms with Gasteiger partial charge < -0.3 is 5.32 Å². The lowest BCUT2D eigenvalue weighted by Gasteiger charge is -2.07. The molecular formula is C16H19FN4O. The van der Waals surface area contributed by atoms with Crippen molar-refractivity contribution in [2.24, 2.45) is 16.7 Å². The summed E-state index contributed by atoms with van der Waals surface area (Å²) in [7, 11) is 0. The molecule has 1 saturated carbocycles. The summed E-state index contributed by atoms with van der Waals surface area (Å²) in [5.41, 5.74) is 0.613. The predicted molar refractivity (Wildman–Crippen MR) is 81.0 cm³/mol. The third kappa shape index (κ3) is 2.19. The van der Waals surface area contributed by atoms with Gasteiger partial charge in [-0.2, -0.15) is 5.10 Å². The van der Waals surface area contributed by atoms with Gasteiger partial charge in [0.25, 0.3) is 0 Å². The van der Waals surface area contributed by atoms with Crippen molar-refractivity contribution in [1.29, 1.82) is 0 Å². The maximum absolute atomic E-state index is 12.9. The fourth-order valence-corrected chi connectivity index (χ4v) is 3.09. The maximum atomic E-state index is 12.9. The molecule has 0 unspecified atom stereocenters. The molecular weight excluding hydrogens is 283 g/mol. The summed E-state index contributed by atoms with van der Waals surface area (Å²) in [5, 5.41) is 6.71. The molecule has 1 aliphatic carbocycles. The van der Waals surface area contributed by atoms with Crippen molar-refractivity contribution < 1.29 is 9.18 Å². The first-order chi connectivity index (χ1) is 10.2. The molecule has 5 nitrogen and oxygen atoms in total. The van der Waals surface area contributed by atoms with Crippen molar-refractivity contribution in [3.05, 3.63) is 36.5 Å². The van der Waals surface area contributed by atoms with Crippen LogP contribution in [0.2, 0.25) is 0 Å². The Bertz CT molecular complexity index is 704. The number of hydrogen-bond donors (Lipinski definition) is 1. The number of hydrogen-bond acceptors (Lipinski definition) is 3. The second-order valence-corrected chi connectivity index (χ2v) is 6.87. The van der Waals surface area contributed by atoms with Gasteiger partial charge in [0.15, 0.2) is 5.82 Å². The maximum Gasteiger partial charge on any atom is 0.229 e. The first-order valence-corrected chi connectivity index (χ1v) is 7.21. The van der Waals surface area contributed by atoms with Crippen LogP contribution in [0, 0.1) is 22.6 Å². The van der Waals surface area contributed by atoms with Crippen LogP contribution in [0.5, 0.6) is 0 Å². The van der Waals surface area contributed by atoms with Crippen molar-refractivity contribution in [3.8, 4) is 5.69 Å². The van der Waals surface area contributed by atoms with Gasteiger partial charge in [-0.1, -0.05) is 27.7 Å². The highest BCUT2D eigenvalue weighted by Gasteiger charge is 2.68. The number of carbonyl (C=O) groups is 1. The van der Waals surface area contributed by atoms with Gasteiger partial charge in [0.2, 0.25) is 5.91 Å². The number of halogens is 1. The first kappa shape index (κ1) is 14.7. The van der Waals surface area contributed by atoms with Crippen molar-refractivity contribution in [1.82, 2.24) is 14.8 Å². The fraction of sp³-hybridized carbons (Fsp3) is 0.438. The molecule has 1 N–H and O–H groups in total. The van der Waals surface area contributed by atoms with E-state index in [-0.39, 0.29) is 22.7 Å². The van der Waals surface area contributed by atoms with Crippen molar-refractivity contribution in [2.45, 2.75) is 27.7 Å². The van der Waals surface area contributed by atoms with E-state index in [1.807, 2.05) is 0 Å². The number of nitrogens with one attached hydrogen (secondary N) is 1. The molecule has 2 heterocycles. The second kappa shape index (κ2) is 4.63. The van der Waals surface area contributed by atoms with Gasteiger partial charge in [-0.25, -0.2) is 14.1 Å². The average molecular weight is 302 g/mol. The summed E-state index contributed by atoms with van der Waals surface area (Å²) in [5.74, 6) is 0.0394. The zero-order valence-electron chi connectivity index (χ0n) is 13.1. The van der Waals surface area contributed by atoms with E-state index in [1.165, 1.54) is 10.9 Å². The van der Waals surface area contributed by atoms with Crippen LogP contribution in [-0.2, 0) is 4.79 Å².